The maximum atomic E-state index is 11.9. The van der Waals surface area contributed by atoms with E-state index in [0.29, 0.717) is 0 Å². The lowest BCUT2D eigenvalue weighted by molar-refractivity contribution is -0.144. The molecule has 3 nitrogen and oxygen atoms in total. The highest BCUT2D eigenvalue weighted by Gasteiger charge is 2.26. The molecule has 0 aliphatic rings. The van der Waals surface area contributed by atoms with Crippen molar-refractivity contribution in [2.75, 3.05) is 7.11 Å². The van der Waals surface area contributed by atoms with E-state index in [1.165, 1.54) is 7.11 Å². The summed E-state index contributed by atoms with van der Waals surface area (Å²) >= 11 is 5.93. The average molecular weight is 298 g/mol. The molecule has 0 saturated heterocycles. The molecule has 1 rings (SSSR count). The molecule has 0 aliphatic carbocycles. The lowest BCUT2D eigenvalue weighted by atomic mass is 9.97. The molecular weight excluding hydrogens is 274 g/mol. The Balaban J connectivity index is 2.89. The largest absolute Gasteiger partial charge is 0.468 e. The number of methoxy groups -OCH3 is 1. The van der Waals surface area contributed by atoms with Gasteiger partial charge in [-0.2, -0.15) is 0 Å². The van der Waals surface area contributed by atoms with Gasteiger partial charge >= 0.3 is 5.97 Å². The van der Waals surface area contributed by atoms with E-state index in [9.17, 15) is 4.79 Å². The molecule has 1 aromatic rings. The number of hydrogen-bond donors (Lipinski definition) is 1. The van der Waals surface area contributed by atoms with Crippen molar-refractivity contribution >= 4 is 17.6 Å². The van der Waals surface area contributed by atoms with Crippen LogP contribution < -0.4 is 5.32 Å². The molecule has 1 aromatic carbocycles. The summed E-state index contributed by atoms with van der Waals surface area (Å²) in [5, 5.41) is 4.14. The first kappa shape index (κ1) is 17.0. The number of benzene rings is 1. The van der Waals surface area contributed by atoms with Gasteiger partial charge in [0.1, 0.15) is 6.04 Å². The number of carbonyl (C=O) groups is 1. The number of carbonyl (C=O) groups excluding carboxylic acids is 1. The Morgan fingerprint density at radius 1 is 1.30 bits per heavy atom. The lowest BCUT2D eigenvalue weighted by Gasteiger charge is -2.27. The van der Waals surface area contributed by atoms with Gasteiger partial charge < -0.3 is 4.74 Å². The third-order valence-electron chi connectivity index (χ3n) is 3.35. The molecule has 2 atom stereocenters. The summed E-state index contributed by atoms with van der Waals surface area (Å²) in [7, 11) is 1.43. The molecule has 0 aromatic heterocycles. The fraction of sp³-hybridized carbons (Fsp3) is 0.562. The van der Waals surface area contributed by atoms with Crippen molar-refractivity contribution in [2.24, 2.45) is 5.92 Å². The summed E-state index contributed by atoms with van der Waals surface area (Å²) in [4.78, 5) is 11.9. The Morgan fingerprint density at radius 2 is 1.90 bits per heavy atom. The Hall–Kier alpha value is -1.06. The average Bonchev–Trinajstić information content (AvgIpc) is 2.43. The van der Waals surface area contributed by atoms with Crippen LogP contribution >= 0.6 is 11.6 Å². The van der Waals surface area contributed by atoms with Crippen molar-refractivity contribution in [1.29, 1.82) is 0 Å². The van der Waals surface area contributed by atoms with Crippen LogP contribution in [0.25, 0.3) is 0 Å². The van der Waals surface area contributed by atoms with E-state index in [2.05, 4.69) is 12.2 Å². The van der Waals surface area contributed by atoms with Gasteiger partial charge in [-0.25, -0.2) is 0 Å². The molecule has 0 bridgehead atoms. The third-order valence-corrected chi connectivity index (χ3v) is 3.60. The SMILES string of the molecule is CCCC(N[C@H](C(=O)OC)C(C)C)c1ccc(Cl)cc1. The Labute approximate surface area is 126 Å². The summed E-state index contributed by atoms with van der Waals surface area (Å²) in [6.45, 7) is 6.16. The topological polar surface area (TPSA) is 38.3 Å². The zero-order valence-corrected chi connectivity index (χ0v) is 13.4. The van der Waals surface area contributed by atoms with Gasteiger partial charge in [0.2, 0.25) is 0 Å². The molecule has 0 saturated carbocycles. The van der Waals surface area contributed by atoms with Crippen LogP contribution in [0.4, 0.5) is 0 Å². The maximum absolute atomic E-state index is 11.9. The molecule has 1 N–H and O–H groups in total. The first-order valence-electron chi connectivity index (χ1n) is 7.08. The van der Waals surface area contributed by atoms with Crippen molar-refractivity contribution in [3.8, 4) is 0 Å². The molecule has 0 radical (unpaired) electrons. The van der Waals surface area contributed by atoms with Gasteiger partial charge in [0.15, 0.2) is 0 Å². The third kappa shape index (κ3) is 4.80. The van der Waals surface area contributed by atoms with Crippen LogP contribution in [0.5, 0.6) is 0 Å². The molecule has 4 heteroatoms. The predicted molar refractivity (Wildman–Crippen MR) is 82.9 cm³/mol. The van der Waals surface area contributed by atoms with E-state index in [0.717, 1.165) is 23.4 Å². The van der Waals surface area contributed by atoms with Crippen LogP contribution in [-0.2, 0) is 9.53 Å². The monoisotopic (exact) mass is 297 g/mol. The first-order chi connectivity index (χ1) is 9.49. The zero-order chi connectivity index (χ0) is 15.1. The molecule has 112 valence electrons. The van der Waals surface area contributed by atoms with Crippen LogP contribution in [0.15, 0.2) is 24.3 Å². The minimum absolute atomic E-state index is 0.128. The van der Waals surface area contributed by atoms with E-state index >= 15 is 0 Å². The predicted octanol–water partition coefficient (Wildman–Crippen LogP) is 3.97. The van der Waals surface area contributed by atoms with Crippen molar-refractivity contribution in [3.05, 3.63) is 34.9 Å². The summed E-state index contributed by atoms with van der Waals surface area (Å²) in [6.07, 6.45) is 1.99. The van der Waals surface area contributed by atoms with Gasteiger partial charge in [-0.15, -0.1) is 0 Å². The van der Waals surface area contributed by atoms with Crippen LogP contribution in [0, 0.1) is 5.92 Å². The fourth-order valence-electron chi connectivity index (χ4n) is 2.21. The van der Waals surface area contributed by atoms with Gasteiger partial charge in [0, 0.05) is 11.1 Å². The second-order valence-electron chi connectivity index (χ2n) is 5.30. The molecule has 0 fully saturated rings. The molecule has 0 aliphatic heterocycles. The van der Waals surface area contributed by atoms with Crippen molar-refractivity contribution in [2.45, 2.75) is 45.7 Å². The zero-order valence-electron chi connectivity index (χ0n) is 12.7. The summed E-state index contributed by atoms with van der Waals surface area (Å²) < 4.78 is 4.89. The lowest BCUT2D eigenvalue weighted by Crippen LogP contribution is -2.43. The standard InChI is InChI=1S/C16H24ClNO2/c1-5-6-14(12-7-9-13(17)10-8-12)18-15(11(2)3)16(19)20-4/h7-11,14-15,18H,5-6H2,1-4H3/t14?,15-/m0/s1. The van der Waals surface area contributed by atoms with Gasteiger partial charge in [-0.1, -0.05) is 50.9 Å². The summed E-state index contributed by atoms with van der Waals surface area (Å²) in [5.74, 6) is -0.0378. The van der Waals surface area contributed by atoms with E-state index in [4.69, 9.17) is 16.3 Å². The highest BCUT2D eigenvalue weighted by atomic mass is 35.5. The van der Waals surface area contributed by atoms with E-state index in [-0.39, 0.29) is 24.0 Å². The number of esters is 1. The Kier molecular flexibility index (Phi) is 7.03. The minimum Gasteiger partial charge on any atom is -0.468 e. The van der Waals surface area contributed by atoms with Crippen LogP contribution in [0.3, 0.4) is 0 Å². The summed E-state index contributed by atoms with van der Waals surface area (Å²) in [5.41, 5.74) is 1.14. The van der Waals surface area contributed by atoms with Crippen molar-refractivity contribution in [3.63, 3.8) is 0 Å². The first-order valence-corrected chi connectivity index (χ1v) is 7.46. The molecule has 1 unspecified atom stereocenters. The van der Waals surface area contributed by atoms with Gasteiger partial charge in [-0.3, -0.25) is 10.1 Å². The van der Waals surface area contributed by atoms with E-state index in [1.54, 1.807) is 0 Å². The highest BCUT2D eigenvalue weighted by molar-refractivity contribution is 6.30. The van der Waals surface area contributed by atoms with E-state index in [1.807, 2.05) is 38.1 Å². The number of rotatable bonds is 7. The van der Waals surface area contributed by atoms with Gasteiger partial charge in [0.25, 0.3) is 0 Å². The number of hydrogen-bond acceptors (Lipinski definition) is 3. The minimum atomic E-state index is -0.299. The second-order valence-corrected chi connectivity index (χ2v) is 5.74. The van der Waals surface area contributed by atoms with Gasteiger partial charge in [-0.05, 0) is 30.0 Å². The van der Waals surface area contributed by atoms with Crippen LogP contribution in [0.1, 0.15) is 45.2 Å². The molecule has 0 amide bonds. The quantitative estimate of drug-likeness (QED) is 0.774. The normalized spacial score (nSPS) is 14.1. The summed E-state index contributed by atoms with van der Waals surface area (Å²) in [6, 6.07) is 7.60. The Morgan fingerprint density at radius 3 is 2.35 bits per heavy atom. The maximum Gasteiger partial charge on any atom is 0.323 e. The smallest absolute Gasteiger partial charge is 0.323 e. The van der Waals surface area contributed by atoms with E-state index < -0.39 is 0 Å². The fourth-order valence-corrected chi connectivity index (χ4v) is 2.33. The molecule has 0 spiro atoms. The van der Waals surface area contributed by atoms with Crippen LogP contribution in [0.2, 0.25) is 5.02 Å². The second kappa shape index (κ2) is 8.28. The number of ether oxygens (including phenoxy) is 1. The molecule has 20 heavy (non-hydrogen) atoms. The van der Waals surface area contributed by atoms with Crippen molar-refractivity contribution < 1.29 is 9.53 Å². The highest BCUT2D eigenvalue weighted by Crippen LogP contribution is 2.22. The van der Waals surface area contributed by atoms with Crippen molar-refractivity contribution in [1.82, 2.24) is 5.32 Å². The molecular formula is C16H24ClNO2. The van der Waals surface area contributed by atoms with Crippen LogP contribution in [-0.4, -0.2) is 19.1 Å². The Bertz CT molecular complexity index is 417. The number of nitrogens with one attached hydrogen (secondary N) is 1. The molecule has 0 heterocycles. The van der Waals surface area contributed by atoms with Gasteiger partial charge in [0.05, 0.1) is 7.11 Å². The number of halogens is 1.